The van der Waals surface area contributed by atoms with Gasteiger partial charge < -0.3 is 4.74 Å². The molecule has 0 aliphatic carbocycles. The first-order chi connectivity index (χ1) is 5.86. The van der Waals surface area contributed by atoms with Crippen LogP contribution >= 0.6 is 0 Å². The van der Waals surface area contributed by atoms with E-state index in [2.05, 4.69) is 16.8 Å². The van der Waals surface area contributed by atoms with Crippen LogP contribution in [0, 0.1) is 11.8 Å². The number of aromatic nitrogens is 1. The van der Waals surface area contributed by atoms with Crippen LogP contribution in [-0.2, 0) is 4.79 Å². The van der Waals surface area contributed by atoms with Crippen LogP contribution in [0.3, 0.4) is 0 Å². The van der Waals surface area contributed by atoms with E-state index in [0.717, 1.165) is 0 Å². The molecule has 0 N–H and O–H groups in total. The highest BCUT2D eigenvalue weighted by Crippen LogP contribution is 2.06. The average molecular weight is 161 g/mol. The van der Waals surface area contributed by atoms with E-state index in [0.29, 0.717) is 17.7 Å². The zero-order valence-corrected chi connectivity index (χ0v) is 6.57. The Kier molecular flexibility index (Phi) is 2.86. The quantitative estimate of drug-likeness (QED) is 0.448. The number of rotatable bonds is 1. The summed E-state index contributed by atoms with van der Waals surface area (Å²) in [6, 6.07) is 3.43. The van der Waals surface area contributed by atoms with Crippen molar-refractivity contribution in [1.29, 1.82) is 0 Å². The van der Waals surface area contributed by atoms with Crippen molar-refractivity contribution in [3.63, 3.8) is 0 Å². The minimum Gasteiger partial charge on any atom is -0.495 e. The second kappa shape index (κ2) is 4.14. The van der Waals surface area contributed by atoms with Gasteiger partial charge in [0.1, 0.15) is 11.4 Å². The van der Waals surface area contributed by atoms with Gasteiger partial charge in [0, 0.05) is 0 Å². The molecule has 0 spiro atoms. The smallest absolute Gasteiger partial charge is 0.193 e. The predicted molar refractivity (Wildman–Crippen MR) is 43.7 cm³/mol. The lowest BCUT2D eigenvalue weighted by atomic mass is 10.3. The predicted octanol–water partition coefficient (Wildman–Crippen LogP) is 0.641. The zero-order chi connectivity index (χ0) is 8.81. The van der Waals surface area contributed by atoms with E-state index in [1.807, 2.05) is 0 Å². The van der Waals surface area contributed by atoms with E-state index >= 15 is 0 Å². The lowest BCUT2D eigenvalue weighted by molar-refractivity contribution is -0.103. The maximum atomic E-state index is 9.88. The van der Waals surface area contributed by atoms with Crippen LogP contribution in [0.1, 0.15) is 5.69 Å². The maximum absolute atomic E-state index is 9.88. The number of hydrogen-bond acceptors (Lipinski definition) is 3. The van der Waals surface area contributed by atoms with Crippen LogP contribution < -0.4 is 4.74 Å². The van der Waals surface area contributed by atoms with E-state index in [1.54, 1.807) is 25.4 Å². The fourth-order valence-corrected chi connectivity index (χ4v) is 0.678. The van der Waals surface area contributed by atoms with Crippen LogP contribution in [0.2, 0.25) is 0 Å². The summed E-state index contributed by atoms with van der Waals surface area (Å²) in [4.78, 5) is 13.8. The van der Waals surface area contributed by atoms with Gasteiger partial charge in [0.15, 0.2) is 6.29 Å². The molecule has 0 radical (unpaired) electrons. The zero-order valence-electron chi connectivity index (χ0n) is 6.57. The van der Waals surface area contributed by atoms with Gasteiger partial charge in [0.25, 0.3) is 0 Å². The molecule has 0 saturated carbocycles. The highest BCUT2D eigenvalue weighted by atomic mass is 16.5. The van der Waals surface area contributed by atoms with E-state index in [1.165, 1.54) is 0 Å². The molecule has 0 unspecified atom stereocenters. The van der Waals surface area contributed by atoms with Gasteiger partial charge >= 0.3 is 0 Å². The first-order valence-electron chi connectivity index (χ1n) is 3.32. The van der Waals surface area contributed by atoms with Crippen LogP contribution in [0.4, 0.5) is 0 Å². The summed E-state index contributed by atoms with van der Waals surface area (Å²) >= 11 is 0. The van der Waals surface area contributed by atoms with Crippen LogP contribution in [0.5, 0.6) is 5.75 Å². The Morgan fingerprint density at radius 3 is 2.92 bits per heavy atom. The second-order valence-corrected chi connectivity index (χ2v) is 1.97. The van der Waals surface area contributed by atoms with E-state index < -0.39 is 0 Å². The molecule has 0 aliphatic heterocycles. The Hall–Kier alpha value is -1.82. The minimum absolute atomic E-state index is 0.534. The third-order valence-electron chi connectivity index (χ3n) is 1.23. The highest BCUT2D eigenvalue weighted by Gasteiger charge is 1.90. The Balaban J connectivity index is 2.84. The highest BCUT2D eigenvalue weighted by molar-refractivity contribution is 5.73. The van der Waals surface area contributed by atoms with E-state index in [4.69, 9.17) is 4.74 Å². The monoisotopic (exact) mass is 161 g/mol. The molecule has 0 fully saturated rings. The number of aldehydes is 1. The van der Waals surface area contributed by atoms with Crippen molar-refractivity contribution in [3.8, 4) is 17.6 Å². The number of methoxy groups -OCH3 is 1. The molecule has 0 amide bonds. The number of hydrogen-bond donors (Lipinski definition) is 0. The fraction of sp³-hybridized carbons (Fsp3) is 0.111. The van der Waals surface area contributed by atoms with Crippen molar-refractivity contribution in [1.82, 2.24) is 4.98 Å². The molecule has 0 saturated heterocycles. The molecule has 1 aromatic heterocycles. The number of ether oxygens (including phenoxy) is 1. The Morgan fingerprint density at radius 2 is 2.42 bits per heavy atom. The molecule has 0 atom stereocenters. The van der Waals surface area contributed by atoms with Crippen molar-refractivity contribution >= 4 is 6.29 Å². The molecule has 0 bridgehead atoms. The van der Waals surface area contributed by atoms with Gasteiger partial charge in [0.2, 0.25) is 0 Å². The third-order valence-corrected chi connectivity index (χ3v) is 1.23. The summed E-state index contributed by atoms with van der Waals surface area (Å²) in [6.45, 7) is 0. The Bertz CT molecular complexity index is 319. The molecule has 60 valence electrons. The molecule has 1 rings (SSSR count). The lowest BCUT2D eigenvalue weighted by Crippen LogP contribution is -1.85. The molecule has 3 nitrogen and oxygen atoms in total. The van der Waals surface area contributed by atoms with Gasteiger partial charge in [-0.05, 0) is 24.0 Å². The molecule has 1 heterocycles. The number of carbonyl (C=O) groups is 1. The second-order valence-electron chi connectivity index (χ2n) is 1.97. The normalized spacial score (nSPS) is 8.08. The molecule has 3 heteroatoms. The molecule has 1 aromatic rings. The minimum atomic E-state index is 0.534. The van der Waals surface area contributed by atoms with Crippen molar-refractivity contribution in [2.24, 2.45) is 0 Å². The summed E-state index contributed by atoms with van der Waals surface area (Å²) in [5, 5.41) is 0. The van der Waals surface area contributed by atoms with Crippen molar-refractivity contribution < 1.29 is 9.53 Å². The number of carbonyl (C=O) groups excluding carboxylic acids is 1. The van der Waals surface area contributed by atoms with Gasteiger partial charge in [-0.2, -0.15) is 0 Å². The van der Waals surface area contributed by atoms with Crippen LogP contribution in [-0.4, -0.2) is 18.4 Å². The summed E-state index contributed by atoms with van der Waals surface area (Å²) in [5.74, 6) is 5.50. The van der Waals surface area contributed by atoms with Crippen molar-refractivity contribution in [2.75, 3.05) is 7.11 Å². The van der Waals surface area contributed by atoms with E-state index in [-0.39, 0.29) is 0 Å². The van der Waals surface area contributed by atoms with Gasteiger partial charge in [-0.15, -0.1) is 0 Å². The number of pyridine rings is 1. The summed E-state index contributed by atoms with van der Waals surface area (Å²) in [5.41, 5.74) is 0.558. The van der Waals surface area contributed by atoms with Crippen LogP contribution in [0.25, 0.3) is 0 Å². The summed E-state index contributed by atoms with van der Waals surface area (Å²) in [7, 11) is 1.56. The summed E-state index contributed by atoms with van der Waals surface area (Å²) < 4.78 is 4.89. The standard InChI is InChI=1S/C9H7NO2/c1-12-9-5-4-8(10-7-9)3-2-6-11/h4-7H,1H3. The molecular weight excluding hydrogens is 154 g/mol. The van der Waals surface area contributed by atoms with Crippen LogP contribution in [0.15, 0.2) is 18.3 Å². The first kappa shape index (κ1) is 8.28. The molecule has 0 aromatic carbocycles. The van der Waals surface area contributed by atoms with Gasteiger partial charge in [0.05, 0.1) is 13.3 Å². The Labute approximate surface area is 70.4 Å². The fourth-order valence-electron chi connectivity index (χ4n) is 0.678. The first-order valence-corrected chi connectivity index (χ1v) is 3.32. The largest absolute Gasteiger partial charge is 0.495 e. The third kappa shape index (κ3) is 2.10. The maximum Gasteiger partial charge on any atom is 0.193 e. The number of nitrogens with zero attached hydrogens (tertiary/aromatic N) is 1. The molecule has 12 heavy (non-hydrogen) atoms. The molecular formula is C9H7NO2. The van der Waals surface area contributed by atoms with Crippen molar-refractivity contribution in [2.45, 2.75) is 0 Å². The van der Waals surface area contributed by atoms with E-state index in [9.17, 15) is 4.79 Å². The topological polar surface area (TPSA) is 39.2 Å². The average Bonchev–Trinajstić information content (AvgIpc) is 2.15. The lowest BCUT2D eigenvalue weighted by Gasteiger charge is -1.96. The summed E-state index contributed by atoms with van der Waals surface area (Å²) in [6.07, 6.45) is 2.08. The SMILES string of the molecule is COc1ccc(C#CC=O)nc1. The molecule has 0 aliphatic rings. The Morgan fingerprint density at radius 1 is 1.58 bits per heavy atom. The van der Waals surface area contributed by atoms with Gasteiger partial charge in [-0.25, -0.2) is 4.98 Å². The van der Waals surface area contributed by atoms with Gasteiger partial charge in [-0.1, -0.05) is 0 Å². The van der Waals surface area contributed by atoms with Gasteiger partial charge in [-0.3, -0.25) is 4.79 Å². The van der Waals surface area contributed by atoms with Crippen molar-refractivity contribution in [3.05, 3.63) is 24.0 Å².